The minimum atomic E-state index is -1.35. The van der Waals surface area contributed by atoms with E-state index < -0.39 is 11.0 Å². The van der Waals surface area contributed by atoms with Gasteiger partial charge in [0.1, 0.15) is 0 Å². The number of rotatable bonds is 1. The lowest BCUT2D eigenvalue weighted by Gasteiger charge is -2.46. The minimum Gasteiger partial charge on any atom is -0.291 e. The first-order chi connectivity index (χ1) is 18.1. The van der Waals surface area contributed by atoms with E-state index in [0.29, 0.717) is 22.0 Å². The molecule has 0 aromatic heterocycles. The molecule has 8 rings (SSSR count). The number of halogens is 1. The summed E-state index contributed by atoms with van der Waals surface area (Å²) in [4.78, 5) is 32.0. The number of carbonyl (C=O) groups is 2. The highest BCUT2D eigenvalue weighted by Gasteiger charge is 2.80. The van der Waals surface area contributed by atoms with Crippen LogP contribution in [-0.4, -0.2) is 39.7 Å². The second-order valence-electron chi connectivity index (χ2n) is 10.4. The van der Waals surface area contributed by atoms with Crippen molar-refractivity contribution in [2.24, 2.45) is 0 Å². The van der Waals surface area contributed by atoms with Gasteiger partial charge < -0.3 is 0 Å². The largest absolute Gasteiger partial charge is 0.291 e. The summed E-state index contributed by atoms with van der Waals surface area (Å²) in [6, 6.07) is 32.3. The van der Waals surface area contributed by atoms with E-state index in [1.165, 1.54) is 0 Å². The molecule has 2 fully saturated rings. The van der Waals surface area contributed by atoms with E-state index in [9.17, 15) is 9.59 Å². The molecule has 5 heteroatoms. The van der Waals surface area contributed by atoms with Crippen LogP contribution in [0.1, 0.15) is 43.3 Å². The van der Waals surface area contributed by atoms with E-state index in [1.807, 2.05) is 60.3 Å². The molecule has 3 nitrogen and oxygen atoms in total. The molecule has 0 bridgehead atoms. The van der Waals surface area contributed by atoms with Gasteiger partial charge in [-0.05, 0) is 39.9 Å². The average molecular weight is 520 g/mol. The van der Waals surface area contributed by atoms with E-state index in [-0.39, 0.29) is 23.5 Å². The van der Waals surface area contributed by atoms with E-state index in [2.05, 4.69) is 53.4 Å². The Labute approximate surface area is 224 Å². The van der Waals surface area contributed by atoms with Crippen LogP contribution >= 0.6 is 23.4 Å². The molecule has 2 unspecified atom stereocenters. The molecular formula is C32H22ClNO2S. The second-order valence-corrected chi connectivity index (χ2v) is 11.8. The summed E-state index contributed by atoms with van der Waals surface area (Å²) in [5.74, 6) is 1.27. The predicted octanol–water partition coefficient (Wildman–Crippen LogP) is 6.60. The Morgan fingerprint density at radius 1 is 0.703 bits per heavy atom. The number of carbonyl (C=O) groups excluding carboxylic acids is 2. The molecule has 4 aliphatic rings. The molecule has 2 aliphatic carbocycles. The van der Waals surface area contributed by atoms with Crippen LogP contribution in [0, 0.1) is 0 Å². The Morgan fingerprint density at radius 2 is 1.22 bits per heavy atom. The van der Waals surface area contributed by atoms with Gasteiger partial charge in [-0.25, -0.2) is 0 Å². The zero-order valence-corrected chi connectivity index (χ0v) is 21.4. The van der Waals surface area contributed by atoms with Gasteiger partial charge in [-0.2, -0.15) is 0 Å². The van der Waals surface area contributed by atoms with Gasteiger partial charge in [-0.3, -0.25) is 14.5 Å². The summed E-state index contributed by atoms with van der Waals surface area (Å²) in [7, 11) is 0. The number of thioether (sulfide) groups is 1. The van der Waals surface area contributed by atoms with Crippen LogP contribution in [0.4, 0.5) is 0 Å². The van der Waals surface area contributed by atoms with Crippen LogP contribution in [0.25, 0.3) is 11.1 Å². The lowest BCUT2D eigenvalue weighted by atomic mass is 9.55. The van der Waals surface area contributed by atoms with Gasteiger partial charge in [-0.1, -0.05) is 96.5 Å². The molecule has 2 spiro atoms. The number of Topliss-reactive ketones (excluding diaryl/α,β-unsaturated/α-hetero) is 2. The van der Waals surface area contributed by atoms with Crippen molar-refractivity contribution in [3.05, 3.63) is 130 Å². The number of hydrogen-bond acceptors (Lipinski definition) is 4. The van der Waals surface area contributed by atoms with Crippen LogP contribution in [-0.2, 0) is 5.41 Å². The average Bonchev–Trinajstić information content (AvgIpc) is 3.64. The molecule has 2 heterocycles. The van der Waals surface area contributed by atoms with Gasteiger partial charge >= 0.3 is 0 Å². The number of fused-ring (bicyclic) bond motifs is 9. The van der Waals surface area contributed by atoms with Gasteiger partial charge in [0.25, 0.3) is 0 Å². The third kappa shape index (κ3) is 2.36. The van der Waals surface area contributed by atoms with Gasteiger partial charge in [0.05, 0.1) is 5.41 Å². The van der Waals surface area contributed by atoms with Crippen LogP contribution in [0.15, 0.2) is 97.1 Å². The minimum absolute atomic E-state index is 0.0209. The molecule has 0 amide bonds. The number of ketones is 2. The van der Waals surface area contributed by atoms with Crippen molar-refractivity contribution in [2.45, 2.75) is 22.9 Å². The van der Waals surface area contributed by atoms with Crippen molar-refractivity contribution >= 4 is 34.9 Å². The van der Waals surface area contributed by atoms with E-state index in [4.69, 9.17) is 11.6 Å². The van der Waals surface area contributed by atoms with Gasteiger partial charge in [0, 0.05) is 39.7 Å². The molecular weight excluding hydrogens is 498 g/mol. The zero-order chi connectivity index (χ0) is 24.9. The van der Waals surface area contributed by atoms with Crippen molar-refractivity contribution in [1.82, 2.24) is 4.90 Å². The van der Waals surface area contributed by atoms with Crippen molar-refractivity contribution in [3.8, 4) is 11.1 Å². The molecule has 2 aliphatic heterocycles. The maximum absolute atomic E-state index is 14.9. The smallest absolute Gasteiger partial charge is 0.193 e. The molecule has 4 aromatic rings. The summed E-state index contributed by atoms with van der Waals surface area (Å²) in [5.41, 5.74) is 4.35. The molecule has 2 atom stereocenters. The Morgan fingerprint density at radius 3 is 1.78 bits per heavy atom. The SMILES string of the molecule is O=C1c2ccccc2C(=O)C12N1CSCC1C(c1ccc(Cl)cc1)C21c2ccccc2-c2ccccc21. The summed E-state index contributed by atoms with van der Waals surface area (Å²) >= 11 is 8.16. The van der Waals surface area contributed by atoms with Crippen LogP contribution in [0.2, 0.25) is 5.02 Å². The quantitative estimate of drug-likeness (QED) is 0.266. The number of hydrogen-bond donors (Lipinski definition) is 0. The van der Waals surface area contributed by atoms with Crippen LogP contribution in [0.5, 0.6) is 0 Å². The first kappa shape index (κ1) is 21.9. The summed E-state index contributed by atoms with van der Waals surface area (Å²) in [5, 5.41) is 0.677. The van der Waals surface area contributed by atoms with Crippen molar-refractivity contribution in [3.63, 3.8) is 0 Å². The summed E-state index contributed by atoms with van der Waals surface area (Å²) in [6.45, 7) is 0. The highest BCUT2D eigenvalue weighted by atomic mass is 35.5. The lowest BCUT2D eigenvalue weighted by Crippen LogP contribution is -2.64. The van der Waals surface area contributed by atoms with E-state index >= 15 is 0 Å². The second kappa shape index (κ2) is 7.44. The normalized spacial score (nSPS) is 23.9. The first-order valence-corrected chi connectivity index (χ1v) is 14.1. The summed E-state index contributed by atoms with van der Waals surface area (Å²) < 4.78 is 0. The number of nitrogens with zero attached hydrogens (tertiary/aromatic N) is 1. The van der Waals surface area contributed by atoms with Gasteiger partial charge in [0.15, 0.2) is 17.1 Å². The highest BCUT2D eigenvalue weighted by Crippen LogP contribution is 2.70. The molecule has 0 radical (unpaired) electrons. The fourth-order valence-electron chi connectivity index (χ4n) is 7.95. The molecule has 0 saturated carbocycles. The van der Waals surface area contributed by atoms with Crippen molar-refractivity contribution in [1.29, 1.82) is 0 Å². The predicted molar refractivity (Wildman–Crippen MR) is 148 cm³/mol. The fourth-order valence-corrected chi connectivity index (χ4v) is 9.37. The van der Waals surface area contributed by atoms with Gasteiger partial charge in [-0.15, -0.1) is 11.8 Å². The Balaban J connectivity index is 1.57. The van der Waals surface area contributed by atoms with Crippen molar-refractivity contribution in [2.75, 3.05) is 11.6 Å². The molecule has 2 saturated heterocycles. The molecule has 37 heavy (non-hydrogen) atoms. The standard InChI is InChI=1S/C32H22ClNO2S/c33-20-15-13-19(14-16-20)28-27-17-37-18-34(27)32(29(35)23-9-1-2-10-24(23)30(32)36)31(28)25-11-5-3-7-21(25)22-8-4-6-12-26(22)31/h1-16,27-28H,17-18H2. The Hall–Kier alpha value is -3.18. The summed E-state index contributed by atoms with van der Waals surface area (Å²) in [6.07, 6.45) is 0. The maximum atomic E-state index is 14.9. The molecule has 0 N–H and O–H groups in total. The number of benzene rings is 4. The zero-order valence-electron chi connectivity index (χ0n) is 19.9. The van der Waals surface area contributed by atoms with Crippen molar-refractivity contribution < 1.29 is 9.59 Å². The third-order valence-electron chi connectivity index (χ3n) is 9.07. The lowest BCUT2D eigenvalue weighted by molar-refractivity contribution is 0.0515. The van der Waals surface area contributed by atoms with E-state index in [0.717, 1.165) is 33.6 Å². The molecule has 180 valence electrons. The third-order valence-corrected chi connectivity index (χ3v) is 10.4. The highest BCUT2D eigenvalue weighted by molar-refractivity contribution is 7.99. The van der Waals surface area contributed by atoms with Crippen LogP contribution in [0.3, 0.4) is 0 Å². The van der Waals surface area contributed by atoms with E-state index in [1.54, 1.807) is 0 Å². The Bertz CT molecular complexity index is 1560. The maximum Gasteiger partial charge on any atom is 0.193 e. The van der Waals surface area contributed by atoms with Crippen LogP contribution < -0.4 is 0 Å². The topological polar surface area (TPSA) is 37.4 Å². The first-order valence-electron chi connectivity index (χ1n) is 12.6. The molecule has 4 aromatic carbocycles. The fraction of sp³-hybridized carbons (Fsp3) is 0.188. The monoisotopic (exact) mass is 519 g/mol. The van der Waals surface area contributed by atoms with Gasteiger partial charge in [0.2, 0.25) is 0 Å². The Kier molecular flexibility index (Phi) is 4.40.